The van der Waals surface area contributed by atoms with Gasteiger partial charge in [0.1, 0.15) is 12.2 Å². The zero-order valence-corrected chi connectivity index (χ0v) is 8.43. The largest absolute Gasteiger partial charge is 0.458 e. The van der Waals surface area contributed by atoms with Crippen LogP contribution >= 0.6 is 11.8 Å². The number of thioether (sulfide) groups is 1. The summed E-state index contributed by atoms with van der Waals surface area (Å²) in [6.45, 7) is 2.71. The molecule has 74 valence electrons. The fourth-order valence-corrected chi connectivity index (χ4v) is 2.33. The first-order chi connectivity index (χ1) is 6.09. The van der Waals surface area contributed by atoms with Gasteiger partial charge in [-0.2, -0.15) is 11.8 Å². The van der Waals surface area contributed by atoms with Crippen LogP contribution in [0.3, 0.4) is 0 Å². The maximum absolute atomic E-state index is 10.7. The van der Waals surface area contributed by atoms with Crippen molar-refractivity contribution in [2.24, 2.45) is 0 Å². The van der Waals surface area contributed by atoms with E-state index in [0.29, 0.717) is 11.5 Å². The van der Waals surface area contributed by atoms with Crippen molar-refractivity contribution < 1.29 is 19.1 Å². The van der Waals surface area contributed by atoms with Crippen molar-refractivity contribution in [2.45, 2.75) is 26.1 Å². The highest BCUT2D eigenvalue weighted by molar-refractivity contribution is 7.99. The fraction of sp³-hybridized carbons (Fsp3) is 0.750. The minimum atomic E-state index is -0.329. The maximum Gasteiger partial charge on any atom is 0.303 e. The zero-order chi connectivity index (χ0) is 9.84. The van der Waals surface area contributed by atoms with E-state index < -0.39 is 0 Å². The molecular weight excluding hydrogens is 192 g/mol. The topological polar surface area (TPSA) is 52.6 Å². The lowest BCUT2D eigenvalue weighted by Gasteiger charge is -2.17. The third-order valence-electron chi connectivity index (χ3n) is 1.61. The summed E-state index contributed by atoms with van der Waals surface area (Å²) in [6, 6.07) is 0. The van der Waals surface area contributed by atoms with Crippen LogP contribution in [0.5, 0.6) is 0 Å². The van der Waals surface area contributed by atoms with Gasteiger partial charge in [-0.05, 0) is 0 Å². The van der Waals surface area contributed by atoms with Crippen LogP contribution in [0.25, 0.3) is 0 Å². The lowest BCUT2D eigenvalue weighted by molar-refractivity contribution is -0.160. The molecule has 0 N–H and O–H groups in total. The average molecular weight is 204 g/mol. The highest BCUT2D eigenvalue weighted by Gasteiger charge is 2.32. The molecule has 1 aliphatic heterocycles. The van der Waals surface area contributed by atoms with Gasteiger partial charge in [0.15, 0.2) is 0 Å². The molecule has 0 aromatic rings. The SMILES string of the molecule is CC(=O)O[C@H]1CSC[C@@H]1OC(C)=O. The number of carbonyl (C=O) groups is 2. The van der Waals surface area contributed by atoms with Crippen molar-refractivity contribution >= 4 is 23.7 Å². The van der Waals surface area contributed by atoms with Gasteiger partial charge in [0.2, 0.25) is 0 Å². The lowest BCUT2D eigenvalue weighted by atomic mass is 10.2. The first-order valence-corrected chi connectivity index (χ1v) is 5.17. The van der Waals surface area contributed by atoms with E-state index >= 15 is 0 Å². The summed E-state index contributed by atoms with van der Waals surface area (Å²) in [6.07, 6.45) is -0.544. The van der Waals surface area contributed by atoms with E-state index in [1.807, 2.05) is 0 Å². The summed E-state index contributed by atoms with van der Waals surface area (Å²) < 4.78 is 9.98. The summed E-state index contributed by atoms with van der Waals surface area (Å²) in [7, 11) is 0. The first-order valence-electron chi connectivity index (χ1n) is 4.02. The van der Waals surface area contributed by atoms with E-state index in [1.165, 1.54) is 13.8 Å². The smallest absolute Gasteiger partial charge is 0.303 e. The van der Waals surface area contributed by atoms with Crippen molar-refractivity contribution in [1.82, 2.24) is 0 Å². The average Bonchev–Trinajstić information content (AvgIpc) is 2.34. The van der Waals surface area contributed by atoms with Gasteiger partial charge in [-0.1, -0.05) is 0 Å². The van der Waals surface area contributed by atoms with Crippen LogP contribution in [0.2, 0.25) is 0 Å². The van der Waals surface area contributed by atoms with Crippen molar-refractivity contribution in [3.63, 3.8) is 0 Å². The van der Waals surface area contributed by atoms with Crippen LogP contribution in [0.1, 0.15) is 13.8 Å². The predicted octanol–water partition coefficient (Wildman–Crippen LogP) is 0.597. The van der Waals surface area contributed by atoms with Crippen LogP contribution in [0, 0.1) is 0 Å². The number of ether oxygens (including phenoxy) is 2. The quantitative estimate of drug-likeness (QED) is 0.616. The lowest BCUT2D eigenvalue weighted by Crippen LogP contribution is -2.32. The third-order valence-corrected chi connectivity index (χ3v) is 2.74. The zero-order valence-electron chi connectivity index (χ0n) is 7.61. The Hall–Kier alpha value is -0.710. The maximum atomic E-state index is 10.7. The number of rotatable bonds is 2. The van der Waals surface area contributed by atoms with Gasteiger partial charge in [0.05, 0.1) is 0 Å². The van der Waals surface area contributed by atoms with E-state index in [1.54, 1.807) is 11.8 Å². The van der Waals surface area contributed by atoms with Gasteiger partial charge in [-0.15, -0.1) is 0 Å². The third kappa shape index (κ3) is 3.26. The molecule has 1 aliphatic rings. The molecule has 0 radical (unpaired) electrons. The molecule has 1 saturated heterocycles. The van der Waals surface area contributed by atoms with Gasteiger partial charge in [0, 0.05) is 25.4 Å². The minimum Gasteiger partial charge on any atom is -0.458 e. The summed E-state index contributed by atoms with van der Waals surface area (Å²) in [4.78, 5) is 21.3. The van der Waals surface area contributed by atoms with E-state index in [4.69, 9.17) is 9.47 Å². The first kappa shape index (κ1) is 10.4. The molecule has 5 heteroatoms. The van der Waals surface area contributed by atoms with Gasteiger partial charge in [-0.3, -0.25) is 9.59 Å². The van der Waals surface area contributed by atoms with Crippen molar-refractivity contribution in [3.8, 4) is 0 Å². The van der Waals surface area contributed by atoms with Crippen LogP contribution in [-0.4, -0.2) is 35.7 Å². The van der Waals surface area contributed by atoms with Crippen molar-refractivity contribution in [1.29, 1.82) is 0 Å². The molecule has 1 rings (SSSR count). The second-order valence-electron chi connectivity index (χ2n) is 2.83. The predicted molar refractivity (Wildman–Crippen MR) is 48.4 cm³/mol. The second kappa shape index (κ2) is 4.50. The van der Waals surface area contributed by atoms with Crippen LogP contribution < -0.4 is 0 Å². The monoisotopic (exact) mass is 204 g/mol. The van der Waals surface area contributed by atoms with Crippen LogP contribution in [0.15, 0.2) is 0 Å². The summed E-state index contributed by atoms with van der Waals surface area (Å²) in [5.41, 5.74) is 0. The highest BCUT2D eigenvalue weighted by Crippen LogP contribution is 2.23. The Morgan fingerprint density at radius 1 is 1.08 bits per heavy atom. The molecule has 13 heavy (non-hydrogen) atoms. The summed E-state index contributed by atoms with van der Waals surface area (Å²) in [5, 5.41) is 0. The Morgan fingerprint density at radius 2 is 1.46 bits per heavy atom. The Morgan fingerprint density at radius 3 is 1.77 bits per heavy atom. The van der Waals surface area contributed by atoms with E-state index in [-0.39, 0.29) is 24.1 Å². The van der Waals surface area contributed by atoms with Crippen LogP contribution in [0.4, 0.5) is 0 Å². The Kier molecular flexibility index (Phi) is 3.59. The molecule has 4 nitrogen and oxygen atoms in total. The second-order valence-corrected chi connectivity index (χ2v) is 3.91. The summed E-state index contributed by atoms with van der Waals surface area (Å²) >= 11 is 1.62. The molecule has 2 atom stereocenters. The molecule has 0 aromatic heterocycles. The Balaban J connectivity index is 2.43. The number of carbonyl (C=O) groups excluding carboxylic acids is 2. The molecule has 0 aliphatic carbocycles. The van der Waals surface area contributed by atoms with Crippen molar-refractivity contribution in [2.75, 3.05) is 11.5 Å². The fourth-order valence-electron chi connectivity index (χ4n) is 1.16. The summed E-state index contributed by atoms with van der Waals surface area (Å²) in [5.74, 6) is 0.754. The molecule has 0 aromatic carbocycles. The molecule has 0 saturated carbocycles. The Labute approximate surface area is 81.0 Å². The van der Waals surface area contributed by atoms with E-state index in [0.717, 1.165) is 0 Å². The number of hydrogen-bond donors (Lipinski definition) is 0. The molecule has 1 fully saturated rings. The van der Waals surface area contributed by atoms with Gasteiger partial charge >= 0.3 is 11.9 Å². The van der Waals surface area contributed by atoms with Crippen molar-refractivity contribution in [3.05, 3.63) is 0 Å². The molecule has 1 heterocycles. The molecule has 0 spiro atoms. The van der Waals surface area contributed by atoms with Gasteiger partial charge < -0.3 is 9.47 Å². The minimum absolute atomic E-state index is 0.272. The number of hydrogen-bond acceptors (Lipinski definition) is 5. The van der Waals surface area contributed by atoms with E-state index in [2.05, 4.69) is 0 Å². The molecule has 0 bridgehead atoms. The van der Waals surface area contributed by atoms with Gasteiger partial charge in [0.25, 0.3) is 0 Å². The normalized spacial score (nSPS) is 26.9. The highest BCUT2D eigenvalue weighted by atomic mass is 32.2. The molecular formula is C8H12O4S. The molecule has 0 unspecified atom stereocenters. The Bertz CT molecular complexity index is 194. The molecule has 0 amide bonds. The van der Waals surface area contributed by atoms with E-state index in [9.17, 15) is 9.59 Å². The van der Waals surface area contributed by atoms with Gasteiger partial charge in [-0.25, -0.2) is 0 Å². The standard InChI is InChI=1S/C8H12O4S/c1-5(9)11-7-3-13-4-8(7)12-6(2)10/h7-8H,3-4H2,1-2H3/t7-,8-/m0/s1. The number of esters is 2. The van der Waals surface area contributed by atoms with Crippen LogP contribution in [-0.2, 0) is 19.1 Å².